The van der Waals surface area contributed by atoms with Crippen LogP contribution in [0.25, 0.3) is 10.9 Å². The first-order chi connectivity index (χ1) is 27.2. The molecule has 0 aliphatic carbocycles. The molecular weight excluding hydrogens is 743 g/mol. The summed E-state index contributed by atoms with van der Waals surface area (Å²) in [5, 5.41) is 19.4. The zero-order valence-electron chi connectivity index (χ0n) is 32.3. The van der Waals surface area contributed by atoms with Crippen LogP contribution < -0.4 is 43.0 Å². The van der Waals surface area contributed by atoms with Crippen LogP contribution in [0.1, 0.15) is 56.5 Å². The fourth-order valence-electron chi connectivity index (χ4n) is 6.73. The molecule has 0 radical (unpaired) electrons. The van der Waals surface area contributed by atoms with E-state index in [1.54, 1.807) is 51.9 Å². The van der Waals surface area contributed by atoms with E-state index in [1.165, 1.54) is 24.1 Å². The Morgan fingerprint density at radius 3 is 2.37 bits per heavy atom. The van der Waals surface area contributed by atoms with Gasteiger partial charge in [0.25, 0.3) is 0 Å². The monoisotopic (exact) mass is 792 g/mol. The van der Waals surface area contributed by atoms with Crippen molar-refractivity contribution in [1.29, 1.82) is 0 Å². The minimum Gasteiger partial charge on any atom is -0.477 e. The van der Waals surface area contributed by atoms with Crippen molar-refractivity contribution in [3.05, 3.63) is 81.7 Å². The number of anilines is 2. The van der Waals surface area contributed by atoms with Crippen LogP contribution in [0.4, 0.5) is 25.4 Å². The second-order valence-electron chi connectivity index (χ2n) is 14.1. The van der Waals surface area contributed by atoms with Gasteiger partial charge in [0.15, 0.2) is 0 Å². The van der Waals surface area contributed by atoms with Crippen LogP contribution in [-0.4, -0.2) is 94.3 Å². The van der Waals surface area contributed by atoms with Crippen molar-refractivity contribution in [3.63, 3.8) is 0 Å². The molecule has 1 aromatic heterocycles. The number of aryl methyl sites for hydroxylation is 1. The molecule has 1 saturated heterocycles. The van der Waals surface area contributed by atoms with Crippen molar-refractivity contribution in [2.75, 3.05) is 42.9 Å². The Labute approximate surface area is 328 Å². The van der Waals surface area contributed by atoms with Gasteiger partial charge < -0.3 is 51.3 Å². The van der Waals surface area contributed by atoms with Crippen LogP contribution in [0.3, 0.4) is 0 Å². The summed E-state index contributed by atoms with van der Waals surface area (Å²) >= 11 is 0. The van der Waals surface area contributed by atoms with Gasteiger partial charge in [-0.3, -0.25) is 19.4 Å². The number of rotatable bonds is 15. The van der Waals surface area contributed by atoms with Crippen LogP contribution in [0.5, 0.6) is 0 Å². The third-order valence-corrected chi connectivity index (χ3v) is 9.74. The first-order valence-corrected chi connectivity index (χ1v) is 18.6. The maximum absolute atomic E-state index is 15.3. The van der Waals surface area contributed by atoms with Gasteiger partial charge >= 0.3 is 18.1 Å². The highest BCUT2D eigenvalue weighted by atomic mass is 19.1. The molecular formula is C38H49FN10O8. The van der Waals surface area contributed by atoms with Gasteiger partial charge in [-0.1, -0.05) is 26.0 Å². The lowest BCUT2D eigenvalue weighted by molar-refractivity contribution is -0.121. The van der Waals surface area contributed by atoms with Crippen LogP contribution in [0, 0.1) is 11.7 Å². The highest BCUT2D eigenvalue weighted by molar-refractivity contribution is 5.95. The van der Waals surface area contributed by atoms with E-state index in [-0.39, 0.29) is 61.1 Å². The number of primary amides is 1. The van der Waals surface area contributed by atoms with Crippen molar-refractivity contribution in [2.45, 2.75) is 65.8 Å². The maximum atomic E-state index is 15.3. The summed E-state index contributed by atoms with van der Waals surface area (Å²) in [6.45, 7) is 8.86. The molecule has 306 valence electrons. The van der Waals surface area contributed by atoms with Crippen molar-refractivity contribution >= 4 is 52.2 Å². The molecule has 8 N–H and O–H groups in total. The number of fused-ring (bicyclic) bond motifs is 1. The maximum Gasteiger partial charge on any atom is 0.410 e. The van der Waals surface area contributed by atoms with Crippen molar-refractivity contribution < 1.29 is 38.2 Å². The predicted molar refractivity (Wildman–Crippen MR) is 209 cm³/mol. The number of nitrogens with zero attached hydrogens (tertiary/aromatic N) is 4. The summed E-state index contributed by atoms with van der Waals surface area (Å²) in [5.41, 5.74) is 12.6. The van der Waals surface area contributed by atoms with Crippen LogP contribution in [0.2, 0.25) is 0 Å². The number of aromatic nitrogens is 1. The van der Waals surface area contributed by atoms with Crippen LogP contribution in [-0.2, 0) is 27.5 Å². The first kappa shape index (κ1) is 41.8. The number of hydrogen-bond acceptors (Lipinski definition) is 11. The van der Waals surface area contributed by atoms with Gasteiger partial charge in [0.05, 0.1) is 22.9 Å². The molecule has 2 atom stereocenters. The highest BCUT2D eigenvalue weighted by Crippen LogP contribution is 2.27. The lowest BCUT2D eigenvalue weighted by atomic mass is 10.0. The van der Waals surface area contributed by atoms with Crippen LogP contribution >= 0.6 is 0 Å². The van der Waals surface area contributed by atoms with Crippen molar-refractivity contribution in [2.24, 2.45) is 11.7 Å². The summed E-state index contributed by atoms with van der Waals surface area (Å²) in [6.07, 6.45) is 3.24. The topological polar surface area (TPSA) is 233 Å². The summed E-state index contributed by atoms with van der Waals surface area (Å²) in [6, 6.07) is 7.71. The average molecular weight is 793 g/mol. The predicted octanol–water partition coefficient (Wildman–Crippen LogP) is 2.40. The van der Waals surface area contributed by atoms with E-state index in [1.807, 2.05) is 13.8 Å². The molecule has 5 amide bonds. The molecule has 57 heavy (non-hydrogen) atoms. The molecule has 3 aromatic rings. The van der Waals surface area contributed by atoms with E-state index in [0.29, 0.717) is 54.9 Å². The number of aromatic carboxylic acids is 1. The van der Waals surface area contributed by atoms with Crippen molar-refractivity contribution in [3.8, 4) is 0 Å². The number of benzene rings is 2. The summed E-state index contributed by atoms with van der Waals surface area (Å²) in [4.78, 5) is 77.1. The molecule has 0 saturated carbocycles. The number of piperazine rings is 1. The van der Waals surface area contributed by atoms with Crippen molar-refractivity contribution in [1.82, 2.24) is 36.1 Å². The fourth-order valence-corrected chi connectivity index (χ4v) is 6.73. The van der Waals surface area contributed by atoms with E-state index in [0.717, 1.165) is 6.07 Å². The van der Waals surface area contributed by atoms with E-state index < -0.39 is 40.9 Å². The minimum absolute atomic E-state index is 0.0184. The number of carbonyl (C=O) groups is 5. The Hall–Kier alpha value is -6.37. The molecule has 19 heteroatoms. The molecule has 3 heterocycles. The molecule has 2 aliphatic heterocycles. The van der Waals surface area contributed by atoms with E-state index in [4.69, 9.17) is 10.5 Å². The summed E-state index contributed by atoms with van der Waals surface area (Å²) in [7, 11) is 0. The van der Waals surface area contributed by atoms with E-state index >= 15 is 4.39 Å². The SMILES string of the molecule is CCn1cc(C(=O)O)c(=O)c2cc(F)c(N3CCN(C(=O)OCc4ccc(NC(=O)[C@H](CCCNC(N)=O)N5C=C([C@@H](NC(C)=O)C(C)C)NN5)cc4)CC3)cc21. The second-order valence-corrected chi connectivity index (χ2v) is 14.1. The number of urea groups is 1. The number of carboxylic acids is 1. The number of hydrazine groups is 2. The van der Waals surface area contributed by atoms with Gasteiger partial charge in [-0.15, -0.1) is 5.53 Å². The Kier molecular flexibility index (Phi) is 13.6. The average Bonchev–Trinajstić information content (AvgIpc) is 3.65. The lowest BCUT2D eigenvalue weighted by Gasteiger charge is -2.35. The van der Waals surface area contributed by atoms with Gasteiger partial charge in [0.1, 0.15) is 24.0 Å². The standard InChI is InChI=1S/C38H49FN10O8/c1-5-46-19-27(36(53)54)34(51)26-17-28(39)32(18-31(26)46)47-13-15-48(16-14-47)38(56)57-21-24-8-10-25(11-9-24)43-35(52)30(7-6-12-41-37(40)55)49-20-29(44-45-49)33(22(2)3)42-23(4)50/h8-11,17-20,22,30,33,44-45H,5-7,12-16,21H2,1-4H3,(H,42,50)(H,43,52)(H,53,54)(H3,40,41,55)/t30-,33-/m0/s1. The number of carboxylic acid groups (broad SMARTS) is 1. The number of amides is 5. The van der Waals surface area contributed by atoms with Gasteiger partial charge in [0, 0.05) is 69.7 Å². The number of carbonyl (C=O) groups excluding carboxylic acids is 4. The molecule has 2 aliphatic rings. The van der Waals surface area contributed by atoms with Gasteiger partial charge in [0.2, 0.25) is 17.2 Å². The Morgan fingerprint density at radius 1 is 1.05 bits per heavy atom. The quantitative estimate of drug-likeness (QED) is 0.110. The lowest BCUT2D eigenvalue weighted by Crippen LogP contribution is -2.50. The number of halogens is 1. The Morgan fingerprint density at radius 2 is 1.75 bits per heavy atom. The van der Waals surface area contributed by atoms with Crippen LogP contribution in [0.15, 0.2) is 59.3 Å². The van der Waals surface area contributed by atoms with Gasteiger partial charge in [-0.05, 0) is 55.5 Å². The molecule has 0 spiro atoms. The number of pyridine rings is 1. The molecule has 0 bridgehead atoms. The Bertz CT molecular complexity index is 2080. The van der Waals surface area contributed by atoms with Gasteiger partial charge in [-0.2, -0.15) is 0 Å². The number of ether oxygens (including phenoxy) is 1. The smallest absolute Gasteiger partial charge is 0.410 e. The molecule has 18 nitrogen and oxygen atoms in total. The number of hydrogen-bond donors (Lipinski definition) is 7. The number of nitrogens with two attached hydrogens (primary N) is 1. The number of nitrogens with one attached hydrogen (secondary N) is 5. The first-order valence-electron chi connectivity index (χ1n) is 18.6. The third-order valence-electron chi connectivity index (χ3n) is 9.74. The zero-order chi connectivity index (χ0) is 41.4. The second kappa shape index (κ2) is 18.5. The Balaban J connectivity index is 1.16. The van der Waals surface area contributed by atoms with E-state index in [2.05, 4.69) is 26.9 Å². The molecule has 1 fully saturated rings. The summed E-state index contributed by atoms with van der Waals surface area (Å²) < 4.78 is 22.5. The van der Waals surface area contributed by atoms with Gasteiger partial charge in [-0.25, -0.2) is 18.8 Å². The zero-order valence-corrected chi connectivity index (χ0v) is 32.3. The third kappa shape index (κ3) is 10.3. The highest BCUT2D eigenvalue weighted by Gasteiger charge is 2.31. The summed E-state index contributed by atoms with van der Waals surface area (Å²) in [5.74, 6) is -2.52. The molecule has 5 rings (SSSR count). The minimum atomic E-state index is -1.38. The largest absolute Gasteiger partial charge is 0.477 e. The fraction of sp³-hybridized carbons (Fsp3) is 0.421. The van der Waals surface area contributed by atoms with E-state index in [9.17, 15) is 33.9 Å². The normalized spacial score (nSPS) is 15.1. The molecule has 0 unspecified atom stereocenters. The molecule has 2 aromatic carbocycles.